The smallest absolute Gasteiger partial charge is 0.255 e. The minimum atomic E-state index is -0.170. The van der Waals surface area contributed by atoms with Crippen molar-refractivity contribution in [1.82, 2.24) is 15.0 Å². The molecule has 0 aliphatic heterocycles. The van der Waals surface area contributed by atoms with E-state index < -0.39 is 0 Å². The van der Waals surface area contributed by atoms with Gasteiger partial charge in [-0.3, -0.25) is 4.79 Å². The van der Waals surface area contributed by atoms with E-state index in [2.05, 4.69) is 31.4 Å². The lowest BCUT2D eigenvalue weighted by Crippen LogP contribution is -2.11. The van der Waals surface area contributed by atoms with E-state index >= 15 is 0 Å². The van der Waals surface area contributed by atoms with Crippen molar-refractivity contribution < 1.29 is 4.79 Å². The summed E-state index contributed by atoms with van der Waals surface area (Å²) in [6, 6.07) is 22.4. The Balaban J connectivity index is 1.62. The molecule has 0 saturated carbocycles. The molecule has 4 aromatic rings. The zero-order chi connectivity index (χ0) is 17.2. The largest absolute Gasteiger partial charge is 0.322 e. The molecule has 3 aromatic carbocycles. The van der Waals surface area contributed by atoms with Crippen LogP contribution in [0.3, 0.4) is 0 Å². The third kappa shape index (κ3) is 3.29. The number of anilines is 1. The molecule has 25 heavy (non-hydrogen) atoms. The highest BCUT2D eigenvalue weighted by Crippen LogP contribution is 2.19. The van der Waals surface area contributed by atoms with Gasteiger partial charge in [-0.25, -0.2) is 0 Å². The van der Waals surface area contributed by atoms with Crippen molar-refractivity contribution in [2.24, 2.45) is 0 Å². The summed E-state index contributed by atoms with van der Waals surface area (Å²) in [4.78, 5) is 13.9. The molecule has 0 radical (unpaired) electrons. The van der Waals surface area contributed by atoms with Crippen molar-refractivity contribution in [3.63, 3.8) is 0 Å². The average molecular weight is 393 g/mol. The third-order valence-electron chi connectivity index (χ3n) is 3.71. The number of rotatable bonds is 3. The Morgan fingerprint density at radius 2 is 1.68 bits per heavy atom. The van der Waals surface area contributed by atoms with Crippen molar-refractivity contribution in [3.05, 3.63) is 82.8 Å². The number of carbonyl (C=O) groups excluding carboxylic acids is 1. The number of aromatic nitrogens is 3. The number of carbonyl (C=O) groups is 1. The molecule has 0 bridgehead atoms. The highest BCUT2D eigenvalue weighted by atomic mass is 79.9. The van der Waals surface area contributed by atoms with Crippen molar-refractivity contribution in [1.29, 1.82) is 0 Å². The second-order valence-electron chi connectivity index (χ2n) is 5.49. The summed E-state index contributed by atoms with van der Waals surface area (Å²) in [5.74, 6) is -0.170. The second kappa shape index (κ2) is 6.49. The van der Waals surface area contributed by atoms with Crippen LogP contribution in [0.5, 0.6) is 0 Å². The van der Waals surface area contributed by atoms with E-state index in [1.165, 1.54) is 0 Å². The Kier molecular flexibility index (Phi) is 4.03. The summed E-state index contributed by atoms with van der Waals surface area (Å²) in [5.41, 5.74) is 3.64. The average Bonchev–Trinajstić information content (AvgIpc) is 3.06. The molecule has 1 N–H and O–H groups in total. The molecule has 0 aliphatic carbocycles. The van der Waals surface area contributed by atoms with Crippen molar-refractivity contribution in [3.8, 4) is 5.69 Å². The third-order valence-corrected chi connectivity index (χ3v) is 4.21. The van der Waals surface area contributed by atoms with Crippen LogP contribution in [0.15, 0.2) is 77.3 Å². The molecule has 0 unspecified atom stereocenters. The van der Waals surface area contributed by atoms with Crippen LogP contribution in [0.1, 0.15) is 10.4 Å². The quantitative estimate of drug-likeness (QED) is 0.560. The highest BCUT2D eigenvalue weighted by Gasteiger charge is 2.09. The van der Waals surface area contributed by atoms with Gasteiger partial charge in [0.1, 0.15) is 11.0 Å². The van der Waals surface area contributed by atoms with Gasteiger partial charge in [-0.15, -0.1) is 10.2 Å². The molecule has 0 spiro atoms. The molecule has 5 nitrogen and oxygen atoms in total. The van der Waals surface area contributed by atoms with E-state index in [-0.39, 0.29) is 5.91 Å². The molecular weight excluding hydrogens is 380 g/mol. The number of hydrogen-bond donors (Lipinski definition) is 1. The fourth-order valence-electron chi connectivity index (χ4n) is 2.50. The van der Waals surface area contributed by atoms with Crippen LogP contribution in [-0.2, 0) is 0 Å². The summed E-state index contributed by atoms with van der Waals surface area (Å²) < 4.78 is 0.862. The van der Waals surface area contributed by atoms with Crippen LogP contribution < -0.4 is 5.32 Å². The van der Waals surface area contributed by atoms with Crippen molar-refractivity contribution >= 4 is 38.6 Å². The Hall–Kier alpha value is -2.99. The van der Waals surface area contributed by atoms with Crippen molar-refractivity contribution in [2.45, 2.75) is 0 Å². The van der Waals surface area contributed by atoms with Crippen LogP contribution in [0, 0.1) is 0 Å². The standard InChI is InChI=1S/C19H13BrN4O/c20-14-6-4-5-13(11-14)19(25)21-15-9-10-17-18(12-15)23-24(22-17)16-7-2-1-3-8-16/h1-12H,(H,21,25). The number of hydrogen-bond acceptors (Lipinski definition) is 3. The van der Waals surface area contributed by atoms with E-state index in [0.717, 1.165) is 21.2 Å². The van der Waals surface area contributed by atoms with Crippen molar-refractivity contribution in [2.75, 3.05) is 5.32 Å². The number of fused-ring (bicyclic) bond motifs is 1. The highest BCUT2D eigenvalue weighted by molar-refractivity contribution is 9.10. The summed E-state index contributed by atoms with van der Waals surface area (Å²) in [6.07, 6.45) is 0. The molecule has 4 rings (SSSR count). The molecule has 0 saturated heterocycles. The lowest BCUT2D eigenvalue weighted by molar-refractivity contribution is 0.102. The first-order chi connectivity index (χ1) is 12.2. The SMILES string of the molecule is O=C(Nc1ccc2nn(-c3ccccc3)nc2c1)c1cccc(Br)c1. The van der Waals surface area contributed by atoms with E-state index in [0.29, 0.717) is 11.3 Å². The summed E-state index contributed by atoms with van der Waals surface area (Å²) in [5, 5.41) is 11.8. The second-order valence-corrected chi connectivity index (χ2v) is 6.41. The van der Waals surface area contributed by atoms with Crippen LogP contribution in [0.4, 0.5) is 5.69 Å². The zero-order valence-electron chi connectivity index (χ0n) is 13.1. The first-order valence-electron chi connectivity index (χ1n) is 7.68. The van der Waals surface area contributed by atoms with E-state index in [4.69, 9.17) is 0 Å². The lowest BCUT2D eigenvalue weighted by atomic mass is 10.2. The van der Waals surface area contributed by atoms with Gasteiger partial charge in [0.15, 0.2) is 0 Å². The summed E-state index contributed by atoms with van der Waals surface area (Å²) in [7, 11) is 0. The molecule has 0 aliphatic rings. The van der Waals surface area contributed by atoms with Gasteiger partial charge in [0.05, 0.1) is 5.69 Å². The van der Waals surface area contributed by atoms with Gasteiger partial charge in [0, 0.05) is 15.7 Å². The fourth-order valence-corrected chi connectivity index (χ4v) is 2.90. The molecule has 6 heteroatoms. The molecule has 1 amide bonds. The van der Waals surface area contributed by atoms with Crippen LogP contribution in [0.25, 0.3) is 16.7 Å². The minimum Gasteiger partial charge on any atom is -0.322 e. The van der Waals surface area contributed by atoms with E-state index in [1.54, 1.807) is 16.9 Å². The Morgan fingerprint density at radius 1 is 0.880 bits per heavy atom. The maximum Gasteiger partial charge on any atom is 0.255 e. The Morgan fingerprint density at radius 3 is 2.48 bits per heavy atom. The number of benzene rings is 3. The maximum absolute atomic E-state index is 12.4. The number of nitrogens with one attached hydrogen (secondary N) is 1. The monoisotopic (exact) mass is 392 g/mol. The predicted molar refractivity (Wildman–Crippen MR) is 101 cm³/mol. The summed E-state index contributed by atoms with van der Waals surface area (Å²) >= 11 is 3.37. The van der Waals surface area contributed by atoms with Crippen LogP contribution in [-0.4, -0.2) is 20.9 Å². The lowest BCUT2D eigenvalue weighted by Gasteiger charge is -2.05. The van der Waals surface area contributed by atoms with Gasteiger partial charge in [0.2, 0.25) is 0 Å². The summed E-state index contributed by atoms with van der Waals surface area (Å²) in [6.45, 7) is 0. The number of amides is 1. The van der Waals surface area contributed by atoms with Gasteiger partial charge in [0.25, 0.3) is 5.91 Å². The zero-order valence-corrected chi connectivity index (χ0v) is 14.6. The maximum atomic E-state index is 12.4. The molecule has 1 aromatic heterocycles. The number of para-hydroxylation sites is 1. The molecular formula is C19H13BrN4O. The fraction of sp³-hybridized carbons (Fsp3) is 0. The van der Waals surface area contributed by atoms with Crippen LogP contribution >= 0.6 is 15.9 Å². The van der Waals surface area contributed by atoms with Gasteiger partial charge in [-0.1, -0.05) is 40.2 Å². The molecule has 0 fully saturated rings. The normalized spacial score (nSPS) is 10.8. The number of nitrogens with zero attached hydrogens (tertiary/aromatic N) is 3. The predicted octanol–water partition coefficient (Wildman–Crippen LogP) is 4.44. The van der Waals surface area contributed by atoms with Crippen LogP contribution in [0.2, 0.25) is 0 Å². The topological polar surface area (TPSA) is 59.8 Å². The first kappa shape index (κ1) is 15.5. The van der Waals surface area contributed by atoms with Gasteiger partial charge in [-0.2, -0.15) is 4.80 Å². The van der Waals surface area contributed by atoms with Gasteiger partial charge < -0.3 is 5.32 Å². The Labute approximate surface area is 152 Å². The minimum absolute atomic E-state index is 0.170. The van der Waals surface area contributed by atoms with E-state index in [9.17, 15) is 4.79 Å². The first-order valence-corrected chi connectivity index (χ1v) is 8.48. The Bertz CT molecular complexity index is 1060. The molecule has 0 atom stereocenters. The molecule has 1 heterocycles. The van der Waals surface area contributed by atoms with Gasteiger partial charge in [-0.05, 0) is 48.5 Å². The van der Waals surface area contributed by atoms with Gasteiger partial charge >= 0.3 is 0 Å². The number of halogens is 1. The molecule has 122 valence electrons. The van der Waals surface area contributed by atoms with E-state index in [1.807, 2.05) is 60.7 Å².